The molecule has 0 radical (unpaired) electrons. The maximum Gasteiger partial charge on any atom is 0.293 e. The molecule has 1 heterocycles. The Morgan fingerprint density at radius 3 is 2.55 bits per heavy atom. The summed E-state index contributed by atoms with van der Waals surface area (Å²) in [6.07, 6.45) is 1.67. The molecule has 0 unspecified atom stereocenters. The topological polar surface area (TPSA) is 55.8 Å². The molecule has 0 aromatic heterocycles. The van der Waals surface area contributed by atoms with Crippen molar-refractivity contribution in [3.8, 4) is 11.5 Å². The Morgan fingerprint density at radius 1 is 0.974 bits per heavy atom. The molecular formula is C29H20BrCl2NO4S. The summed E-state index contributed by atoms with van der Waals surface area (Å²) < 4.78 is 12.4. The van der Waals surface area contributed by atoms with Crippen molar-refractivity contribution < 1.29 is 19.1 Å². The van der Waals surface area contributed by atoms with Crippen molar-refractivity contribution in [2.24, 2.45) is 0 Å². The van der Waals surface area contributed by atoms with Gasteiger partial charge in [0.1, 0.15) is 6.61 Å². The zero-order chi connectivity index (χ0) is 26.8. The van der Waals surface area contributed by atoms with E-state index in [1.807, 2.05) is 30.3 Å². The molecule has 4 aromatic carbocycles. The first-order valence-electron chi connectivity index (χ1n) is 11.5. The number of halogens is 3. The zero-order valence-corrected chi connectivity index (χ0v) is 24.0. The van der Waals surface area contributed by atoms with Crippen molar-refractivity contribution in [2.75, 3.05) is 7.11 Å². The first kappa shape index (κ1) is 26.6. The van der Waals surface area contributed by atoms with Crippen LogP contribution < -0.4 is 9.47 Å². The average molecular weight is 629 g/mol. The first-order valence-corrected chi connectivity index (χ1v) is 13.9. The summed E-state index contributed by atoms with van der Waals surface area (Å²) in [5.41, 5.74) is 2.45. The van der Waals surface area contributed by atoms with E-state index < -0.39 is 0 Å². The van der Waals surface area contributed by atoms with Crippen molar-refractivity contribution >= 4 is 78.9 Å². The molecular weight excluding hydrogens is 609 g/mol. The highest BCUT2D eigenvalue weighted by molar-refractivity contribution is 9.10. The number of hydrogen-bond donors (Lipinski definition) is 0. The summed E-state index contributed by atoms with van der Waals surface area (Å²) in [5, 5.41) is 2.69. The molecule has 4 aromatic rings. The summed E-state index contributed by atoms with van der Waals surface area (Å²) in [6.45, 7) is 0.454. The second kappa shape index (κ2) is 11.4. The quantitative estimate of drug-likeness (QED) is 0.192. The monoisotopic (exact) mass is 627 g/mol. The van der Waals surface area contributed by atoms with Gasteiger partial charge in [0.2, 0.25) is 0 Å². The lowest BCUT2D eigenvalue weighted by Crippen LogP contribution is -2.27. The van der Waals surface area contributed by atoms with E-state index >= 15 is 0 Å². The van der Waals surface area contributed by atoms with Gasteiger partial charge in [-0.1, -0.05) is 71.7 Å². The third-order valence-corrected chi connectivity index (χ3v) is 8.24. The minimum atomic E-state index is -0.377. The van der Waals surface area contributed by atoms with Gasteiger partial charge in [0.15, 0.2) is 11.5 Å². The highest BCUT2D eigenvalue weighted by Gasteiger charge is 2.35. The number of carbonyl (C=O) groups excluding carboxylic acids is 2. The highest BCUT2D eigenvalue weighted by atomic mass is 79.9. The number of hydrogen-bond acceptors (Lipinski definition) is 5. The van der Waals surface area contributed by atoms with E-state index in [0.717, 1.165) is 28.1 Å². The van der Waals surface area contributed by atoms with E-state index in [4.69, 9.17) is 32.7 Å². The van der Waals surface area contributed by atoms with Crippen LogP contribution >= 0.6 is 50.9 Å². The molecule has 5 nitrogen and oxygen atoms in total. The van der Waals surface area contributed by atoms with Gasteiger partial charge in [-0.2, -0.15) is 0 Å². The second-order valence-corrected chi connectivity index (χ2v) is 11.1. The maximum absolute atomic E-state index is 13.0. The SMILES string of the molecule is COc1cc(/C=C2\SC(=O)N(Cc3ccc(Cl)c(Cl)c3)C2=O)cc(Br)c1OCc1cccc2ccccc12. The van der Waals surface area contributed by atoms with Crippen LogP contribution in [0.1, 0.15) is 16.7 Å². The Labute approximate surface area is 242 Å². The standard InChI is InChI=1S/C29H20BrCl2NO4S/c1-36-25-13-18(11-22(30)27(25)37-16-20-7-4-6-19-5-2-3-8-21(19)20)14-26-28(34)33(29(35)38-26)15-17-9-10-23(31)24(32)12-17/h2-14H,15-16H2,1H3/b26-14-. The van der Waals surface area contributed by atoms with E-state index in [2.05, 4.69) is 34.1 Å². The van der Waals surface area contributed by atoms with Gasteiger partial charge >= 0.3 is 0 Å². The number of thioether (sulfide) groups is 1. The van der Waals surface area contributed by atoms with Gasteiger partial charge in [-0.25, -0.2) is 0 Å². The van der Waals surface area contributed by atoms with Gasteiger partial charge in [0, 0.05) is 0 Å². The van der Waals surface area contributed by atoms with Gasteiger partial charge in [-0.05, 0) is 85.5 Å². The van der Waals surface area contributed by atoms with Crippen LogP contribution in [0.2, 0.25) is 10.0 Å². The van der Waals surface area contributed by atoms with Crippen LogP contribution in [0.5, 0.6) is 11.5 Å². The fourth-order valence-electron chi connectivity index (χ4n) is 4.14. The van der Waals surface area contributed by atoms with Gasteiger partial charge in [-0.15, -0.1) is 0 Å². The number of methoxy groups -OCH3 is 1. The molecule has 0 spiro atoms. The van der Waals surface area contributed by atoms with Crippen molar-refractivity contribution in [2.45, 2.75) is 13.2 Å². The van der Waals surface area contributed by atoms with Gasteiger partial charge in [0.25, 0.3) is 11.1 Å². The minimum absolute atomic E-state index is 0.104. The van der Waals surface area contributed by atoms with Crippen LogP contribution in [-0.2, 0) is 17.9 Å². The predicted molar refractivity (Wildman–Crippen MR) is 157 cm³/mol. The molecule has 1 aliphatic rings. The van der Waals surface area contributed by atoms with Crippen LogP contribution in [0.15, 0.2) is 82.2 Å². The van der Waals surface area contributed by atoms with E-state index in [1.54, 1.807) is 37.5 Å². The molecule has 1 fully saturated rings. The summed E-state index contributed by atoms with van der Waals surface area (Å²) in [7, 11) is 1.56. The lowest BCUT2D eigenvalue weighted by molar-refractivity contribution is -0.123. The molecule has 0 aliphatic carbocycles. The van der Waals surface area contributed by atoms with E-state index in [0.29, 0.717) is 48.7 Å². The zero-order valence-electron chi connectivity index (χ0n) is 20.0. The first-order chi connectivity index (χ1) is 18.3. The molecule has 1 aliphatic heterocycles. The Balaban J connectivity index is 1.36. The molecule has 192 valence electrons. The van der Waals surface area contributed by atoms with Crippen molar-refractivity contribution in [3.05, 3.63) is 109 Å². The Kier molecular flexibility index (Phi) is 8.00. The van der Waals surface area contributed by atoms with Crippen LogP contribution in [-0.4, -0.2) is 23.2 Å². The van der Waals surface area contributed by atoms with Crippen LogP contribution in [0.25, 0.3) is 16.8 Å². The lowest BCUT2D eigenvalue weighted by atomic mass is 10.1. The average Bonchev–Trinajstić information content (AvgIpc) is 3.17. The number of fused-ring (bicyclic) bond motifs is 1. The third-order valence-electron chi connectivity index (χ3n) is 6.00. The number of rotatable bonds is 7. The molecule has 2 amide bonds. The number of benzene rings is 4. The highest BCUT2D eigenvalue weighted by Crippen LogP contribution is 2.40. The predicted octanol–water partition coefficient (Wildman–Crippen LogP) is 8.73. The fourth-order valence-corrected chi connectivity index (χ4v) is 5.87. The number of amides is 2. The molecule has 5 rings (SSSR count). The largest absolute Gasteiger partial charge is 0.493 e. The minimum Gasteiger partial charge on any atom is -0.493 e. The van der Waals surface area contributed by atoms with E-state index in [1.165, 1.54) is 4.90 Å². The van der Waals surface area contributed by atoms with Crippen molar-refractivity contribution in [1.82, 2.24) is 4.90 Å². The molecule has 0 bridgehead atoms. The van der Waals surface area contributed by atoms with Crippen LogP contribution in [0.3, 0.4) is 0 Å². The number of ether oxygens (including phenoxy) is 2. The van der Waals surface area contributed by atoms with Gasteiger partial charge < -0.3 is 9.47 Å². The molecule has 9 heteroatoms. The van der Waals surface area contributed by atoms with Crippen LogP contribution in [0, 0.1) is 0 Å². The normalized spacial score (nSPS) is 14.5. The van der Waals surface area contributed by atoms with E-state index in [-0.39, 0.29) is 17.7 Å². The summed E-state index contributed by atoms with van der Waals surface area (Å²) in [4.78, 5) is 27.1. The Bertz CT molecular complexity index is 1600. The Hall–Kier alpha value is -2.97. The Morgan fingerprint density at radius 2 is 1.76 bits per heavy atom. The summed E-state index contributed by atoms with van der Waals surface area (Å²) >= 11 is 16.5. The molecule has 0 saturated carbocycles. The lowest BCUT2D eigenvalue weighted by Gasteiger charge is -2.15. The van der Waals surface area contributed by atoms with Crippen molar-refractivity contribution in [1.29, 1.82) is 0 Å². The molecule has 1 saturated heterocycles. The third kappa shape index (κ3) is 5.57. The molecule has 38 heavy (non-hydrogen) atoms. The smallest absolute Gasteiger partial charge is 0.293 e. The van der Waals surface area contributed by atoms with Crippen LogP contribution in [0.4, 0.5) is 4.79 Å². The fraction of sp³-hybridized carbons (Fsp3) is 0.103. The maximum atomic E-state index is 13.0. The summed E-state index contributed by atoms with van der Waals surface area (Å²) in [6, 6.07) is 22.9. The van der Waals surface area contributed by atoms with Gasteiger partial charge in [0.05, 0.1) is 33.1 Å². The van der Waals surface area contributed by atoms with Gasteiger partial charge in [-0.3, -0.25) is 14.5 Å². The molecule has 0 N–H and O–H groups in total. The number of nitrogens with zero attached hydrogens (tertiary/aromatic N) is 1. The van der Waals surface area contributed by atoms with Crippen molar-refractivity contribution in [3.63, 3.8) is 0 Å². The summed E-state index contributed by atoms with van der Waals surface area (Å²) in [5.74, 6) is 0.670. The molecule has 0 atom stereocenters. The number of imide groups is 1. The van der Waals surface area contributed by atoms with E-state index in [9.17, 15) is 9.59 Å². The number of carbonyl (C=O) groups is 2. The second-order valence-electron chi connectivity index (χ2n) is 8.48.